The van der Waals surface area contributed by atoms with Crippen molar-refractivity contribution in [3.63, 3.8) is 0 Å². The number of nitrogens with two attached hydrogens (primary N) is 1. The highest BCUT2D eigenvalue weighted by atomic mass is 16.3. The third-order valence-corrected chi connectivity index (χ3v) is 4.00. The smallest absolute Gasteiger partial charge is 0.224 e. The van der Waals surface area contributed by atoms with E-state index in [1.54, 1.807) is 0 Å². The molecule has 0 spiro atoms. The van der Waals surface area contributed by atoms with E-state index in [0.717, 1.165) is 38.5 Å². The van der Waals surface area contributed by atoms with Crippen molar-refractivity contribution in [3.8, 4) is 0 Å². The molecule has 0 aromatic heterocycles. The fraction of sp³-hybridized carbons (Fsp3) is 0.923. The molecule has 0 aromatic carbocycles. The van der Waals surface area contributed by atoms with Crippen molar-refractivity contribution < 1.29 is 9.90 Å². The molecule has 2 saturated carbocycles. The second kappa shape index (κ2) is 5.36. The fourth-order valence-electron chi connectivity index (χ4n) is 2.84. The third-order valence-electron chi connectivity index (χ3n) is 4.00. The van der Waals surface area contributed by atoms with Crippen LogP contribution in [0.1, 0.15) is 51.4 Å². The predicted octanol–water partition coefficient (Wildman–Crippen LogP) is 1.02. The molecule has 4 heteroatoms. The van der Waals surface area contributed by atoms with E-state index in [9.17, 15) is 4.79 Å². The van der Waals surface area contributed by atoms with Gasteiger partial charge in [0.25, 0.3) is 0 Å². The number of hydrogen-bond donors (Lipinski definition) is 2. The van der Waals surface area contributed by atoms with Crippen molar-refractivity contribution in [2.45, 2.75) is 62.9 Å². The molecule has 2 aliphatic carbocycles. The second-order valence-electron chi connectivity index (χ2n) is 5.64. The highest BCUT2D eigenvalue weighted by Gasteiger charge is 2.36. The van der Waals surface area contributed by atoms with Crippen molar-refractivity contribution in [3.05, 3.63) is 0 Å². The van der Waals surface area contributed by atoms with Crippen LogP contribution in [-0.2, 0) is 4.79 Å². The lowest BCUT2D eigenvalue weighted by atomic mass is 9.80. The first-order valence-corrected chi connectivity index (χ1v) is 6.84. The summed E-state index contributed by atoms with van der Waals surface area (Å²) in [5, 5.41) is 9.01. The van der Waals surface area contributed by atoms with Crippen LogP contribution in [0.5, 0.6) is 0 Å². The van der Waals surface area contributed by atoms with Gasteiger partial charge in [0.2, 0.25) is 5.91 Å². The molecule has 0 radical (unpaired) electrons. The highest BCUT2D eigenvalue weighted by Crippen LogP contribution is 2.32. The van der Waals surface area contributed by atoms with Gasteiger partial charge in [-0.25, -0.2) is 0 Å². The molecule has 2 fully saturated rings. The summed E-state index contributed by atoms with van der Waals surface area (Å²) >= 11 is 0. The number of carbonyl (C=O) groups is 1. The number of rotatable bonds is 5. The molecule has 2 aliphatic rings. The Hall–Kier alpha value is -0.610. The third kappa shape index (κ3) is 3.42. The van der Waals surface area contributed by atoms with Gasteiger partial charge in [-0.15, -0.1) is 0 Å². The highest BCUT2D eigenvalue weighted by molar-refractivity contribution is 5.78. The summed E-state index contributed by atoms with van der Waals surface area (Å²) in [5.74, 6) is 0.144. The van der Waals surface area contributed by atoms with Gasteiger partial charge in [0.05, 0.1) is 6.61 Å². The van der Waals surface area contributed by atoms with Crippen molar-refractivity contribution in [1.82, 2.24) is 4.90 Å². The van der Waals surface area contributed by atoms with Gasteiger partial charge in [-0.2, -0.15) is 0 Å². The van der Waals surface area contributed by atoms with Gasteiger partial charge < -0.3 is 15.7 Å². The number of hydrogen-bond acceptors (Lipinski definition) is 3. The van der Waals surface area contributed by atoms with Crippen molar-refractivity contribution in [2.24, 2.45) is 5.73 Å². The van der Waals surface area contributed by atoms with E-state index in [-0.39, 0.29) is 18.1 Å². The Bertz CT molecular complexity index is 271. The van der Waals surface area contributed by atoms with Gasteiger partial charge in [0, 0.05) is 24.5 Å². The Balaban J connectivity index is 1.89. The van der Waals surface area contributed by atoms with Gasteiger partial charge in [0.1, 0.15) is 0 Å². The fourth-order valence-corrected chi connectivity index (χ4v) is 2.84. The first-order valence-electron chi connectivity index (χ1n) is 6.84. The Morgan fingerprint density at radius 2 is 1.94 bits per heavy atom. The molecule has 0 aromatic rings. The van der Waals surface area contributed by atoms with Crippen molar-refractivity contribution in [2.75, 3.05) is 13.2 Å². The first kappa shape index (κ1) is 12.8. The van der Waals surface area contributed by atoms with E-state index >= 15 is 0 Å². The SMILES string of the molecule is NC1(CC(=O)N(CCO)C2CC2)CCCCC1. The molecule has 3 N–H and O–H groups in total. The van der Waals surface area contributed by atoms with E-state index in [0.29, 0.717) is 19.0 Å². The lowest BCUT2D eigenvalue weighted by Gasteiger charge is -2.35. The largest absolute Gasteiger partial charge is 0.395 e. The van der Waals surface area contributed by atoms with Crippen LogP contribution in [-0.4, -0.2) is 40.6 Å². The molecule has 1 amide bonds. The van der Waals surface area contributed by atoms with Crippen LogP contribution >= 0.6 is 0 Å². The van der Waals surface area contributed by atoms with Crippen molar-refractivity contribution in [1.29, 1.82) is 0 Å². The Morgan fingerprint density at radius 1 is 1.29 bits per heavy atom. The Morgan fingerprint density at radius 3 is 2.47 bits per heavy atom. The van der Waals surface area contributed by atoms with Crippen LogP contribution in [0.15, 0.2) is 0 Å². The van der Waals surface area contributed by atoms with E-state index < -0.39 is 0 Å². The predicted molar refractivity (Wildman–Crippen MR) is 66.4 cm³/mol. The molecule has 98 valence electrons. The number of amides is 1. The summed E-state index contributed by atoms with van der Waals surface area (Å²) in [6.45, 7) is 0.527. The van der Waals surface area contributed by atoms with Gasteiger partial charge in [-0.05, 0) is 25.7 Å². The minimum absolute atomic E-state index is 0.0554. The number of nitrogens with zero attached hydrogens (tertiary/aromatic N) is 1. The summed E-state index contributed by atoms with van der Waals surface area (Å²) in [5.41, 5.74) is 6.02. The van der Waals surface area contributed by atoms with Gasteiger partial charge in [-0.3, -0.25) is 4.79 Å². The maximum absolute atomic E-state index is 12.2. The van der Waals surface area contributed by atoms with Crippen LogP contribution in [0, 0.1) is 0 Å². The Kier molecular flexibility index (Phi) is 4.05. The van der Waals surface area contributed by atoms with Gasteiger partial charge in [0.15, 0.2) is 0 Å². The van der Waals surface area contributed by atoms with Crippen LogP contribution in [0.4, 0.5) is 0 Å². The molecule has 0 atom stereocenters. The van der Waals surface area contributed by atoms with Crippen LogP contribution in [0.2, 0.25) is 0 Å². The molecule has 0 heterocycles. The molecule has 4 nitrogen and oxygen atoms in total. The summed E-state index contributed by atoms with van der Waals surface area (Å²) < 4.78 is 0. The van der Waals surface area contributed by atoms with Crippen molar-refractivity contribution >= 4 is 5.91 Å². The standard InChI is InChI=1S/C13H24N2O2/c14-13(6-2-1-3-7-13)10-12(17)15(8-9-16)11-4-5-11/h11,16H,1-10,14H2. The zero-order valence-corrected chi connectivity index (χ0v) is 10.5. The topological polar surface area (TPSA) is 66.6 Å². The maximum Gasteiger partial charge on any atom is 0.224 e. The quantitative estimate of drug-likeness (QED) is 0.754. The minimum Gasteiger partial charge on any atom is -0.395 e. The maximum atomic E-state index is 12.2. The van der Waals surface area contributed by atoms with E-state index in [1.807, 2.05) is 4.90 Å². The van der Waals surface area contributed by atoms with E-state index in [2.05, 4.69) is 0 Å². The average molecular weight is 240 g/mol. The molecule has 2 rings (SSSR count). The normalized spacial score (nSPS) is 23.4. The zero-order valence-electron chi connectivity index (χ0n) is 10.5. The summed E-state index contributed by atoms with van der Waals surface area (Å²) in [7, 11) is 0. The lowest BCUT2D eigenvalue weighted by molar-refractivity contribution is -0.133. The minimum atomic E-state index is -0.280. The summed E-state index contributed by atoms with van der Waals surface area (Å²) in [6.07, 6.45) is 8.11. The van der Waals surface area contributed by atoms with Gasteiger partial charge in [-0.1, -0.05) is 19.3 Å². The molecule has 0 aliphatic heterocycles. The van der Waals surface area contributed by atoms with Gasteiger partial charge >= 0.3 is 0 Å². The summed E-state index contributed by atoms with van der Waals surface area (Å²) in [6, 6.07) is 0.377. The molecule has 0 bridgehead atoms. The summed E-state index contributed by atoms with van der Waals surface area (Å²) in [4.78, 5) is 14.1. The van der Waals surface area contributed by atoms with Crippen LogP contribution in [0.3, 0.4) is 0 Å². The average Bonchev–Trinajstić information content (AvgIpc) is 3.10. The molecule has 0 saturated heterocycles. The number of carbonyl (C=O) groups excluding carboxylic acids is 1. The van der Waals surface area contributed by atoms with Crippen LogP contribution in [0.25, 0.3) is 0 Å². The van der Waals surface area contributed by atoms with E-state index in [1.165, 1.54) is 6.42 Å². The number of aliphatic hydroxyl groups excluding tert-OH is 1. The number of aliphatic hydroxyl groups is 1. The van der Waals surface area contributed by atoms with Crippen LogP contribution < -0.4 is 5.73 Å². The molecule has 17 heavy (non-hydrogen) atoms. The monoisotopic (exact) mass is 240 g/mol. The molecule has 0 unspecified atom stereocenters. The molecular weight excluding hydrogens is 216 g/mol. The van der Waals surface area contributed by atoms with E-state index in [4.69, 9.17) is 10.8 Å². The molecular formula is C13H24N2O2. The first-order chi connectivity index (χ1) is 8.14. The Labute approximate surface area is 103 Å². The lowest BCUT2D eigenvalue weighted by Crippen LogP contribution is -2.48. The second-order valence-corrected chi connectivity index (χ2v) is 5.64. The zero-order chi connectivity index (χ0) is 12.3.